The number of rotatable bonds is 17. The molecule has 0 fully saturated rings. The van der Waals surface area contributed by atoms with Crippen LogP contribution in [0.25, 0.3) is 0 Å². The van der Waals surface area contributed by atoms with Gasteiger partial charge in [-0.05, 0) is 54.9 Å². The quantitative estimate of drug-likeness (QED) is 0.231. The second-order valence-corrected chi connectivity index (χ2v) is 14.6. The maximum absolute atomic E-state index is 12.4. The number of carbonyl (C=O) groups is 1. The van der Waals surface area contributed by atoms with Crippen LogP contribution in [-0.2, 0) is 18.7 Å². The Morgan fingerprint density at radius 3 is 1.75 bits per heavy atom. The number of Topliss-reactive ketones (excluding diaryl/α,β-unsaturated/α-hetero) is 1. The number of aliphatic hydroxyl groups is 1. The van der Waals surface area contributed by atoms with Gasteiger partial charge in [-0.1, -0.05) is 81.4 Å². The zero-order valence-corrected chi connectivity index (χ0v) is 23.9. The van der Waals surface area contributed by atoms with Crippen molar-refractivity contribution in [1.29, 1.82) is 0 Å². The zero-order valence-electron chi connectivity index (χ0n) is 22.9. The molecule has 0 radical (unpaired) electrons. The van der Waals surface area contributed by atoms with Crippen LogP contribution in [-0.4, -0.2) is 51.4 Å². The first-order valence-corrected chi connectivity index (χ1v) is 15.3. The fourth-order valence-corrected chi connectivity index (χ4v) is 9.38. The van der Waals surface area contributed by atoms with Gasteiger partial charge in [0.1, 0.15) is 5.78 Å². The number of hydrogen-bond acceptors (Lipinski definition) is 5. The lowest BCUT2D eigenvalue weighted by molar-refractivity contribution is -0.141. The highest BCUT2D eigenvalue weighted by Gasteiger charge is 2.50. The highest BCUT2D eigenvalue weighted by atomic mass is 28.4. The van der Waals surface area contributed by atoms with Gasteiger partial charge in [0.05, 0.1) is 12.7 Å². The van der Waals surface area contributed by atoms with Gasteiger partial charge in [0.15, 0.2) is 6.29 Å². The number of benzene rings is 2. The zero-order chi connectivity index (χ0) is 26.4. The summed E-state index contributed by atoms with van der Waals surface area (Å²) in [7, 11) is -2.67. The maximum atomic E-state index is 12.4. The molecule has 0 bridgehead atoms. The summed E-state index contributed by atoms with van der Waals surface area (Å²) in [5, 5.41) is 13.1. The molecule has 0 heterocycles. The summed E-state index contributed by atoms with van der Waals surface area (Å²) < 4.78 is 17.9. The van der Waals surface area contributed by atoms with Crippen LogP contribution in [0.3, 0.4) is 0 Å². The summed E-state index contributed by atoms with van der Waals surface area (Å²) in [5.41, 5.74) is 0. The topological polar surface area (TPSA) is 65.0 Å². The van der Waals surface area contributed by atoms with Crippen molar-refractivity contribution in [3.63, 3.8) is 0 Å². The van der Waals surface area contributed by atoms with Gasteiger partial charge < -0.3 is 19.0 Å². The Balaban J connectivity index is 1.93. The van der Waals surface area contributed by atoms with Gasteiger partial charge in [0, 0.05) is 26.1 Å². The molecule has 0 aliphatic heterocycles. The molecule has 1 N–H and O–H groups in total. The lowest BCUT2D eigenvalue weighted by Crippen LogP contribution is -2.67. The molecule has 0 aromatic heterocycles. The fourth-order valence-electron chi connectivity index (χ4n) is 4.78. The van der Waals surface area contributed by atoms with E-state index in [4.69, 9.17) is 13.9 Å². The van der Waals surface area contributed by atoms with Gasteiger partial charge in [-0.25, -0.2) is 0 Å². The number of carbonyl (C=O) groups excluding carboxylic acids is 1. The number of ether oxygens (including phenoxy) is 2. The molecule has 2 aromatic carbocycles. The first kappa shape index (κ1) is 30.4. The van der Waals surface area contributed by atoms with Gasteiger partial charge in [-0.3, -0.25) is 4.79 Å². The average molecular weight is 515 g/mol. The number of ketones is 1. The summed E-state index contributed by atoms with van der Waals surface area (Å²) in [6.07, 6.45) is 2.84. The highest BCUT2D eigenvalue weighted by Crippen LogP contribution is 2.36. The molecule has 200 valence electrons. The average Bonchev–Trinajstić information content (AvgIpc) is 2.85. The van der Waals surface area contributed by atoms with Gasteiger partial charge in [-0.2, -0.15) is 0 Å². The van der Waals surface area contributed by atoms with Crippen molar-refractivity contribution >= 4 is 24.5 Å². The highest BCUT2D eigenvalue weighted by molar-refractivity contribution is 6.99. The third kappa shape index (κ3) is 8.93. The van der Waals surface area contributed by atoms with E-state index in [0.717, 1.165) is 12.8 Å². The molecule has 1 atom stereocenters. The molecular weight excluding hydrogens is 468 g/mol. The lowest BCUT2D eigenvalue weighted by atomic mass is 10.1. The van der Waals surface area contributed by atoms with Gasteiger partial charge in [0.25, 0.3) is 8.32 Å². The van der Waals surface area contributed by atoms with Crippen LogP contribution in [0.4, 0.5) is 0 Å². The van der Waals surface area contributed by atoms with Crippen LogP contribution in [0.1, 0.15) is 73.1 Å². The molecule has 5 nitrogen and oxygen atoms in total. The van der Waals surface area contributed by atoms with Crippen LogP contribution < -0.4 is 10.4 Å². The van der Waals surface area contributed by atoms with Gasteiger partial charge >= 0.3 is 0 Å². The molecular formula is C30H46O5Si. The summed E-state index contributed by atoms with van der Waals surface area (Å²) >= 11 is 0. The summed E-state index contributed by atoms with van der Waals surface area (Å²) in [4.78, 5) is 12.4. The first-order chi connectivity index (χ1) is 17.2. The largest absolute Gasteiger partial charge is 0.405 e. The van der Waals surface area contributed by atoms with Gasteiger partial charge in [-0.15, -0.1) is 0 Å². The predicted octanol–water partition coefficient (Wildman–Crippen LogP) is 5.23. The maximum Gasteiger partial charge on any atom is 0.261 e. The van der Waals surface area contributed by atoms with Crippen molar-refractivity contribution in [3.8, 4) is 0 Å². The second kappa shape index (κ2) is 15.4. The van der Waals surface area contributed by atoms with Crippen molar-refractivity contribution in [1.82, 2.24) is 0 Å². The van der Waals surface area contributed by atoms with Crippen LogP contribution in [0.2, 0.25) is 5.04 Å². The summed E-state index contributed by atoms with van der Waals surface area (Å²) in [5.74, 6) is 0.224. The SMILES string of the molecule is CCOC(CCCC(=O)CCC[C@@H](O)CO[Si](c1ccccc1)(c1ccccc1)C(C)(C)C)OCC. The Kier molecular flexibility index (Phi) is 13.0. The van der Waals surface area contributed by atoms with Crippen molar-refractivity contribution in [2.45, 2.75) is 90.6 Å². The molecule has 0 spiro atoms. The smallest absolute Gasteiger partial charge is 0.261 e. The minimum Gasteiger partial charge on any atom is -0.405 e. The van der Waals surface area contributed by atoms with Crippen LogP contribution in [0, 0.1) is 0 Å². The van der Waals surface area contributed by atoms with Crippen molar-refractivity contribution < 1.29 is 23.8 Å². The molecule has 0 saturated heterocycles. The lowest BCUT2D eigenvalue weighted by Gasteiger charge is -2.43. The van der Waals surface area contributed by atoms with Crippen LogP contribution in [0.5, 0.6) is 0 Å². The third-order valence-electron chi connectivity index (χ3n) is 6.50. The van der Waals surface area contributed by atoms with Crippen molar-refractivity contribution in [3.05, 3.63) is 60.7 Å². The van der Waals surface area contributed by atoms with Crippen LogP contribution >= 0.6 is 0 Å². The second-order valence-electron chi connectivity index (χ2n) is 10.3. The van der Waals surface area contributed by atoms with Crippen molar-refractivity contribution in [2.24, 2.45) is 0 Å². The Bertz CT molecular complexity index is 820. The Hall–Kier alpha value is -1.83. The van der Waals surface area contributed by atoms with E-state index in [1.165, 1.54) is 10.4 Å². The monoisotopic (exact) mass is 514 g/mol. The molecule has 0 saturated carbocycles. The van der Waals surface area contributed by atoms with E-state index in [0.29, 0.717) is 38.9 Å². The molecule has 2 aromatic rings. The minimum atomic E-state index is -2.67. The molecule has 0 unspecified atom stereocenters. The molecule has 0 aliphatic carbocycles. The van der Waals surface area contributed by atoms with E-state index in [1.54, 1.807) is 0 Å². The van der Waals surface area contributed by atoms with Crippen LogP contribution in [0.15, 0.2) is 60.7 Å². The Morgan fingerprint density at radius 1 is 0.833 bits per heavy atom. The molecule has 36 heavy (non-hydrogen) atoms. The normalized spacial score (nSPS) is 13.2. The number of hydrogen-bond donors (Lipinski definition) is 1. The minimum absolute atomic E-state index is 0.133. The first-order valence-electron chi connectivity index (χ1n) is 13.4. The fraction of sp³-hybridized carbons (Fsp3) is 0.567. The molecule has 0 amide bonds. The number of aliphatic hydroxyl groups excluding tert-OH is 1. The van der Waals surface area contributed by atoms with E-state index in [-0.39, 0.29) is 23.7 Å². The summed E-state index contributed by atoms with van der Waals surface area (Å²) in [6, 6.07) is 20.9. The van der Waals surface area contributed by atoms with E-state index in [9.17, 15) is 9.90 Å². The Labute approximate surface area is 219 Å². The third-order valence-corrected chi connectivity index (χ3v) is 11.5. The Morgan fingerprint density at radius 2 is 1.31 bits per heavy atom. The molecule has 2 rings (SSSR count). The van der Waals surface area contributed by atoms with Crippen molar-refractivity contribution in [2.75, 3.05) is 19.8 Å². The van der Waals surface area contributed by atoms with E-state index < -0.39 is 14.4 Å². The predicted molar refractivity (Wildman–Crippen MR) is 149 cm³/mol. The standard InChI is InChI=1S/C30H46O5Si/c1-6-33-29(34-7-2)23-15-17-25(31)16-14-18-26(32)24-35-36(30(3,4)5,27-19-10-8-11-20-27)28-21-12-9-13-22-28/h8-13,19-22,26,29,32H,6-7,14-18,23-24H2,1-5H3/t26-/m1/s1. The van der Waals surface area contributed by atoms with E-state index >= 15 is 0 Å². The van der Waals surface area contributed by atoms with Gasteiger partial charge in [0.2, 0.25) is 0 Å². The molecule has 6 heteroatoms. The van der Waals surface area contributed by atoms with E-state index in [2.05, 4.69) is 69.3 Å². The molecule has 0 aliphatic rings. The van der Waals surface area contributed by atoms with E-state index in [1.807, 2.05) is 26.0 Å². The summed E-state index contributed by atoms with van der Waals surface area (Å²) in [6.45, 7) is 12.0.